The summed E-state index contributed by atoms with van der Waals surface area (Å²) in [6.45, 7) is 15.7. The van der Waals surface area contributed by atoms with Crippen molar-refractivity contribution in [3.05, 3.63) is 47.5 Å². The zero-order valence-corrected chi connectivity index (χ0v) is 30.4. The highest BCUT2D eigenvalue weighted by Gasteiger charge is 2.19. The Morgan fingerprint density at radius 3 is 1.57 bits per heavy atom. The summed E-state index contributed by atoms with van der Waals surface area (Å²) in [4.78, 5) is 13.4. The summed E-state index contributed by atoms with van der Waals surface area (Å²) in [5, 5.41) is 12.5. The van der Waals surface area contributed by atoms with Crippen LogP contribution in [0.4, 0.5) is 0 Å². The second kappa shape index (κ2) is 24.2. The molecule has 0 saturated carbocycles. The minimum absolute atomic E-state index is 0.101. The third-order valence-corrected chi connectivity index (χ3v) is 8.11. The number of ether oxygens (including phenoxy) is 4. The van der Waals surface area contributed by atoms with E-state index >= 15 is 0 Å². The smallest absolute Gasteiger partial charge is 0.251 e. The number of rotatable bonds is 27. The van der Waals surface area contributed by atoms with Crippen molar-refractivity contribution in [2.75, 3.05) is 33.0 Å². The van der Waals surface area contributed by atoms with E-state index in [9.17, 15) is 9.90 Å². The van der Waals surface area contributed by atoms with Gasteiger partial charge in [-0.3, -0.25) is 4.79 Å². The summed E-state index contributed by atoms with van der Waals surface area (Å²) in [6.07, 6.45) is 13.3. The molecular weight excluding hydrogens is 590 g/mol. The Kier molecular flexibility index (Phi) is 20.8. The Morgan fingerprint density at radius 1 is 0.617 bits per heavy atom. The average molecular weight is 656 g/mol. The number of hydrogen-bond donors (Lipinski definition) is 2. The Bertz CT molecular complexity index is 1070. The molecule has 0 aliphatic rings. The van der Waals surface area contributed by atoms with E-state index in [1.807, 2.05) is 24.3 Å². The largest absolute Gasteiger partial charge is 0.491 e. The highest BCUT2D eigenvalue weighted by molar-refractivity contribution is 5.95. The molecule has 0 aromatic heterocycles. The molecule has 2 aromatic rings. The van der Waals surface area contributed by atoms with Gasteiger partial charge < -0.3 is 29.4 Å². The number of nitrogens with one attached hydrogen (secondary N) is 1. The van der Waals surface area contributed by atoms with Crippen LogP contribution in [0.25, 0.3) is 0 Å². The third kappa shape index (κ3) is 17.7. The number of unbranched alkanes of at least 4 members (excludes halogenated alkanes) is 6. The lowest BCUT2D eigenvalue weighted by Crippen LogP contribution is -2.28. The molecule has 47 heavy (non-hydrogen) atoms. The molecule has 0 bridgehead atoms. The highest BCUT2D eigenvalue weighted by Crippen LogP contribution is 2.40. The monoisotopic (exact) mass is 655 g/mol. The van der Waals surface area contributed by atoms with Crippen molar-refractivity contribution in [3.63, 3.8) is 0 Å². The van der Waals surface area contributed by atoms with E-state index in [-0.39, 0.29) is 19.1 Å². The number of carbonyl (C=O) groups excluding carboxylic acids is 1. The summed E-state index contributed by atoms with van der Waals surface area (Å²) in [5.74, 6) is 4.21. The normalized spacial score (nSPS) is 11.4. The van der Waals surface area contributed by atoms with Crippen molar-refractivity contribution >= 4 is 5.91 Å². The molecule has 0 atom stereocenters. The van der Waals surface area contributed by atoms with Gasteiger partial charge in [-0.25, -0.2) is 0 Å². The molecule has 0 radical (unpaired) electrons. The van der Waals surface area contributed by atoms with Crippen LogP contribution in [0.1, 0.15) is 135 Å². The Balaban J connectivity index is 2.16. The predicted molar refractivity (Wildman–Crippen MR) is 193 cm³/mol. The SMILES string of the molecule is CC(C)CCCCCOc1cc(C(=O)NCCOc2ccccc2CO)cc(OCCCCCC(C)C)c1OCCCCCC(C)C. The first-order valence-electron chi connectivity index (χ1n) is 18.4. The van der Waals surface area contributed by atoms with Crippen LogP contribution in [-0.4, -0.2) is 44.0 Å². The number of para-hydroxylation sites is 1. The Morgan fingerprint density at radius 2 is 1.09 bits per heavy atom. The molecule has 2 rings (SSSR count). The standard InChI is InChI=1S/C40H65NO6/c1-31(2)18-10-7-15-24-44-37-28-35(40(43)41-23-27-46-36-22-14-13-21-34(36)30-42)29-38(45-25-16-8-11-19-32(3)4)39(37)47-26-17-9-12-20-33(5)6/h13-14,21-22,28-29,31-33,42H,7-12,15-20,23-27,30H2,1-6H3,(H,41,43). The minimum atomic E-state index is -0.229. The van der Waals surface area contributed by atoms with E-state index in [2.05, 4.69) is 46.9 Å². The van der Waals surface area contributed by atoms with Gasteiger partial charge in [0.05, 0.1) is 33.0 Å². The van der Waals surface area contributed by atoms with E-state index in [0.29, 0.717) is 78.2 Å². The molecule has 0 heterocycles. The molecule has 0 fully saturated rings. The third-order valence-electron chi connectivity index (χ3n) is 8.11. The second-order valence-corrected chi connectivity index (χ2v) is 13.9. The Labute approximate surface area is 286 Å². The van der Waals surface area contributed by atoms with Gasteiger partial charge in [-0.15, -0.1) is 0 Å². The van der Waals surface area contributed by atoms with E-state index in [0.717, 1.165) is 38.5 Å². The predicted octanol–water partition coefficient (Wildman–Crippen LogP) is 9.77. The van der Waals surface area contributed by atoms with Crippen LogP contribution in [0.2, 0.25) is 0 Å². The molecule has 0 aliphatic heterocycles. The number of carbonyl (C=O) groups is 1. The van der Waals surface area contributed by atoms with Crippen molar-refractivity contribution in [3.8, 4) is 23.0 Å². The maximum absolute atomic E-state index is 13.4. The van der Waals surface area contributed by atoms with E-state index in [1.54, 1.807) is 12.1 Å². The van der Waals surface area contributed by atoms with Crippen LogP contribution in [0.5, 0.6) is 23.0 Å². The van der Waals surface area contributed by atoms with Gasteiger partial charge in [0.25, 0.3) is 5.91 Å². The molecule has 2 aromatic carbocycles. The molecule has 0 saturated heterocycles. The van der Waals surface area contributed by atoms with Crippen molar-refractivity contribution in [1.82, 2.24) is 5.32 Å². The van der Waals surface area contributed by atoms with Crippen molar-refractivity contribution in [2.24, 2.45) is 17.8 Å². The fourth-order valence-electron chi connectivity index (χ4n) is 5.30. The lowest BCUT2D eigenvalue weighted by molar-refractivity contribution is 0.0945. The molecule has 0 aliphatic carbocycles. The van der Waals surface area contributed by atoms with Crippen LogP contribution >= 0.6 is 0 Å². The average Bonchev–Trinajstić information content (AvgIpc) is 3.04. The van der Waals surface area contributed by atoms with Crippen LogP contribution in [0, 0.1) is 17.8 Å². The minimum Gasteiger partial charge on any atom is -0.491 e. The van der Waals surface area contributed by atoms with Gasteiger partial charge in [0.15, 0.2) is 11.5 Å². The van der Waals surface area contributed by atoms with Crippen LogP contribution in [-0.2, 0) is 6.61 Å². The van der Waals surface area contributed by atoms with Gasteiger partial charge >= 0.3 is 0 Å². The van der Waals surface area contributed by atoms with Crippen molar-refractivity contribution in [1.29, 1.82) is 0 Å². The lowest BCUT2D eigenvalue weighted by Gasteiger charge is -2.19. The van der Waals surface area contributed by atoms with E-state index < -0.39 is 0 Å². The molecular formula is C40H65NO6. The molecule has 1 amide bonds. The highest BCUT2D eigenvalue weighted by atomic mass is 16.5. The number of hydrogen-bond acceptors (Lipinski definition) is 6. The number of benzene rings is 2. The van der Waals surface area contributed by atoms with Crippen LogP contribution in [0.15, 0.2) is 36.4 Å². The number of amides is 1. The first-order chi connectivity index (χ1) is 22.7. The maximum Gasteiger partial charge on any atom is 0.251 e. The molecule has 7 heteroatoms. The molecule has 266 valence electrons. The summed E-state index contributed by atoms with van der Waals surface area (Å²) in [6, 6.07) is 10.9. The molecule has 2 N–H and O–H groups in total. The van der Waals surface area contributed by atoms with Gasteiger partial charge in [-0.1, -0.05) is 118 Å². The summed E-state index contributed by atoms with van der Waals surface area (Å²) < 4.78 is 24.9. The maximum atomic E-state index is 13.4. The topological polar surface area (TPSA) is 86.3 Å². The second-order valence-electron chi connectivity index (χ2n) is 13.9. The fraction of sp³-hybridized carbons (Fsp3) is 0.675. The Hall–Kier alpha value is -2.93. The summed E-state index contributed by atoms with van der Waals surface area (Å²) in [7, 11) is 0. The van der Waals surface area contributed by atoms with E-state index in [4.69, 9.17) is 18.9 Å². The van der Waals surface area contributed by atoms with Crippen LogP contribution in [0.3, 0.4) is 0 Å². The summed E-state index contributed by atoms with van der Waals surface area (Å²) in [5.41, 5.74) is 1.18. The van der Waals surface area contributed by atoms with Gasteiger partial charge in [0.2, 0.25) is 5.75 Å². The quantitative estimate of drug-likeness (QED) is 0.0932. The zero-order chi connectivity index (χ0) is 34.3. The molecule has 0 spiro atoms. The first-order valence-corrected chi connectivity index (χ1v) is 18.4. The van der Waals surface area contributed by atoms with Gasteiger partial charge in [0.1, 0.15) is 12.4 Å². The lowest BCUT2D eigenvalue weighted by atomic mass is 10.1. The van der Waals surface area contributed by atoms with Crippen molar-refractivity contribution < 1.29 is 28.8 Å². The summed E-state index contributed by atoms with van der Waals surface area (Å²) >= 11 is 0. The van der Waals surface area contributed by atoms with Gasteiger partial charge in [-0.2, -0.15) is 0 Å². The number of aliphatic hydroxyl groups excluding tert-OH is 1. The molecule has 0 unspecified atom stereocenters. The van der Waals surface area contributed by atoms with Gasteiger partial charge in [0, 0.05) is 11.1 Å². The van der Waals surface area contributed by atoms with Crippen molar-refractivity contribution in [2.45, 2.75) is 125 Å². The number of aliphatic hydroxyl groups is 1. The molecule has 7 nitrogen and oxygen atoms in total. The first kappa shape index (κ1) is 40.2. The van der Waals surface area contributed by atoms with Gasteiger partial charge in [-0.05, 0) is 55.2 Å². The van der Waals surface area contributed by atoms with Crippen LogP contribution < -0.4 is 24.3 Å². The fourth-order valence-corrected chi connectivity index (χ4v) is 5.30. The zero-order valence-electron chi connectivity index (χ0n) is 30.4. The van der Waals surface area contributed by atoms with E-state index in [1.165, 1.54) is 38.5 Å².